The Hall–Kier alpha value is -3.41. The Morgan fingerprint density at radius 2 is 1.80 bits per heavy atom. The third kappa shape index (κ3) is 10.3. The van der Waals surface area contributed by atoms with Crippen LogP contribution in [-0.4, -0.2) is 67.1 Å². The molecular weight excluding hydrogens is 652 g/mol. The molecule has 3 aromatic carbocycles. The number of piperazine rings is 1. The number of hydrogen-bond acceptors (Lipinski definition) is 7. The molecule has 1 aliphatic heterocycles. The van der Waals surface area contributed by atoms with Gasteiger partial charge in [-0.1, -0.05) is 42.1 Å². The standard InChI is InChI=1S/C33H40Cl2FN5O4S/c1-3-44-32-21-26(10-13-30(32)41(42)43)39-15-17-40(18-16-39)33(37-14-6-4-5-7-19-46-2)38-23-24-8-9-25(34)20-31(24)45-27-11-12-29(36)28(35)22-27/h8-13,20-22H,3-7,14-19,23H2,1-2H3,(H,37,38). The summed E-state index contributed by atoms with van der Waals surface area (Å²) in [5.41, 5.74) is 1.66. The van der Waals surface area contributed by atoms with Gasteiger partial charge in [0.2, 0.25) is 0 Å². The van der Waals surface area contributed by atoms with Crippen LogP contribution in [0.4, 0.5) is 15.8 Å². The maximum absolute atomic E-state index is 13.7. The summed E-state index contributed by atoms with van der Waals surface area (Å²) in [6, 6.07) is 14.6. The molecule has 9 nitrogen and oxygen atoms in total. The topological polar surface area (TPSA) is 92.5 Å². The lowest BCUT2D eigenvalue weighted by Gasteiger charge is -2.38. The zero-order valence-electron chi connectivity index (χ0n) is 26.1. The lowest BCUT2D eigenvalue weighted by atomic mass is 10.2. The molecule has 0 saturated carbocycles. The molecule has 0 atom stereocenters. The number of nitrogens with one attached hydrogen (secondary N) is 1. The van der Waals surface area contributed by atoms with Crippen LogP contribution in [0.15, 0.2) is 59.6 Å². The van der Waals surface area contributed by atoms with Crippen molar-refractivity contribution < 1.29 is 18.8 Å². The molecule has 0 unspecified atom stereocenters. The van der Waals surface area contributed by atoms with Crippen LogP contribution in [0.5, 0.6) is 17.2 Å². The molecular formula is C33H40Cl2FN5O4S. The number of benzene rings is 3. The number of unbranched alkanes of at least 4 members (excludes halogenated alkanes) is 3. The predicted octanol–water partition coefficient (Wildman–Crippen LogP) is 8.42. The van der Waals surface area contributed by atoms with Crippen molar-refractivity contribution in [3.05, 3.63) is 86.1 Å². The van der Waals surface area contributed by atoms with Gasteiger partial charge in [-0.05, 0) is 62.1 Å². The second-order valence-electron chi connectivity index (χ2n) is 10.7. The van der Waals surface area contributed by atoms with E-state index >= 15 is 0 Å². The summed E-state index contributed by atoms with van der Waals surface area (Å²) in [6.07, 6.45) is 6.74. The molecule has 4 rings (SSSR count). The number of anilines is 1. The van der Waals surface area contributed by atoms with Gasteiger partial charge in [0, 0.05) is 67.2 Å². The first kappa shape index (κ1) is 35.4. The van der Waals surface area contributed by atoms with Crippen LogP contribution >= 0.6 is 35.0 Å². The van der Waals surface area contributed by atoms with E-state index in [1.165, 1.54) is 42.9 Å². The van der Waals surface area contributed by atoms with E-state index in [0.717, 1.165) is 36.6 Å². The number of nitro benzene ring substituents is 1. The molecule has 0 aliphatic carbocycles. The van der Waals surface area contributed by atoms with Crippen LogP contribution in [0.1, 0.15) is 38.2 Å². The van der Waals surface area contributed by atoms with E-state index < -0.39 is 10.7 Å². The predicted molar refractivity (Wildman–Crippen MR) is 187 cm³/mol. The van der Waals surface area contributed by atoms with E-state index in [4.69, 9.17) is 37.7 Å². The first-order chi connectivity index (χ1) is 22.3. The van der Waals surface area contributed by atoms with Gasteiger partial charge in [-0.15, -0.1) is 0 Å². The Morgan fingerprint density at radius 3 is 2.52 bits per heavy atom. The number of nitro groups is 1. The largest absolute Gasteiger partial charge is 0.487 e. The minimum Gasteiger partial charge on any atom is -0.487 e. The minimum absolute atomic E-state index is 0.0268. The Labute approximate surface area is 284 Å². The number of thioether (sulfide) groups is 1. The number of ether oxygens (including phenoxy) is 2. The van der Waals surface area contributed by atoms with Crippen molar-refractivity contribution in [1.29, 1.82) is 0 Å². The fourth-order valence-corrected chi connectivity index (χ4v) is 5.90. The van der Waals surface area contributed by atoms with Crippen molar-refractivity contribution in [2.75, 3.05) is 56.2 Å². The van der Waals surface area contributed by atoms with E-state index in [2.05, 4.69) is 21.4 Å². The highest BCUT2D eigenvalue weighted by molar-refractivity contribution is 7.98. The molecule has 1 heterocycles. The second-order valence-corrected chi connectivity index (χ2v) is 12.5. The Kier molecular flexibility index (Phi) is 13.9. The van der Waals surface area contributed by atoms with Crippen molar-refractivity contribution in [1.82, 2.24) is 10.2 Å². The number of hydrogen-bond donors (Lipinski definition) is 1. The molecule has 0 spiro atoms. The van der Waals surface area contributed by atoms with Crippen LogP contribution in [-0.2, 0) is 6.54 Å². The lowest BCUT2D eigenvalue weighted by molar-refractivity contribution is -0.385. The van der Waals surface area contributed by atoms with Gasteiger partial charge >= 0.3 is 5.69 Å². The van der Waals surface area contributed by atoms with Crippen molar-refractivity contribution in [2.45, 2.75) is 39.2 Å². The Bertz CT molecular complexity index is 1490. The molecule has 0 aromatic heterocycles. The Morgan fingerprint density at radius 1 is 1.02 bits per heavy atom. The van der Waals surface area contributed by atoms with Gasteiger partial charge in [0.25, 0.3) is 0 Å². The normalized spacial score (nSPS) is 13.5. The van der Waals surface area contributed by atoms with E-state index in [9.17, 15) is 14.5 Å². The molecule has 1 saturated heterocycles. The lowest BCUT2D eigenvalue weighted by Crippen LogP contribution is -2.52. The summed E-state index contributed by atoms with van der Waals surface area (Å²) in [4.78, 5) is 20.5. The van der Waals surface area contributed by atoms with E-state index in [1.807, 2.05) is 24.8 Å². The van der Waals surface area contributed by atoms with Crippen LogP contribution in [0, 0.1) is 15.9 Å². The number of halogens is 3. The highest BCUT2D eigenvalue weighted by atomic mass is 35.5. The third-order valence-corrected chi connectivity index (χ3v) is 8.71. The van der Waals surface area contributed by atoms with Gasteiger partial charge in [0.1, 0.15) is 17.3 Å². The van der Waals surface area contributed by atoms with Gasteiger partial charge in [-0.2, -0.15) is 11.8 Å². The second kappa shape index (κ2) is 18.1. The molecule has 248 valence electrons. The number of aliphatic imine (C=N–C) groups is 1. The fraction of sp³-hybridized carbons (Fsp3) is 0.424. The summed E-state index contributed by atoms with van der Waals surface area (Å²) in [7, 11) is 0. The Balaban J connectivity index is 1.48. The van der Waals surface area contributed by atoms with Crippen LogP contribution in [0.2, 0.25) is 10.0 Å². The average Bonchev–Trinajstić information content (AvgIpc) is 3.04. The van der Waals surface area contributed by atoms with Crippen molar-refractivity contribution in [2.24, 2.45) is 4.99 Å². The molecule has 0 bridgehead atoms. The van der Waals surface area contributed by atoms with Gasteiger partial charge < -0.3 is 24.6 Å². The summed E-state index contributed by atoms with van der Waals surface area (Å²) in [5, 5.41) is 15.5. The maximum Gasteiger partial charge on any atom is 0.311 e. The minimum atomic E-state index is -0.520. The molecule has 46 heavy (non-hydrogen) atoms. The van der Waals surface area contributed by atoms with Gasteiger partial charge in [-0.3, -0.25) is 10.1 Å². The number of guanidine groups is 1. The molecule has 13 heteroatoms. The SMILES string of the molecule is CCOc1cc(N2CCN(C(=NCc3ccc(Cl)cc3Oc3ccc(F)c(Cl)c3)NCCCCCCSC)CC2)ccc1[N+](=O)[O-]. The van der Waals surface area contributed by atoms with Crippen LogP contribution in [0.3, 0.4) is 0 Å². The van der Waals surface area contributed by atoms with E-state index in [0.29, 0.717) is 55.9 Å². The first-order valence-corrected chi connectivity index (χ1v) is 17.5. The molecule has 1 aliphatic rings. The first-order valence-electron chi connectivity index (χ1n) is 15.4. The summed E-state index contributed by atoms with van der Waals surface area (Å²) in [6.45, 7) is 6.12. The molecule has 0 amide bonds. The van der Waals surface area contributed by atoms with Crippen molar-refractivity contribution >= 4 is 52.3 Å². The molecule has 0 radical (unpaired) electrons. The smallest absolute Gasteiger partial charge is 0.311 e. The average molecular weight is 693 g/mol. The quantitative estimate of drug-likeness (QED) is 0.0558. The summed E-state index contributed by atoms with van der Waals surface area (Å²) >= 11 is 14.1. The number of nitrogens with zero attached hydrogens (tertiary/aromatic N) is 4. The third-order valence-electron chi connectivity index (χ3n) is 7.49. The highest BCUT2D eigenvalue weighted by Crippen LogP contribution is 2.33. The van der Waals surface area contributed by atoms with Crippen molar-refractivity contribution in [3.63, 3.8) is 0 Å². The van der Waals surface area contributed by atoms with Crippen LogP contribution < -0.4 is 19.7 Å². The zero-order chi connectivity index (χ0) is 32.9. The molecule has 1 fully saturated rings. The number of rotatable bonds is 15. The maximum atomic E-state index is 13.7. The fourth-order valence-electron chi connectivity index (χ4n) is 5.07. The zero-order valence-corrected chi connectivity index (χ0v) is 28.5. The summed E-state index contributed by atoms with van der Waals surface area (Å²) < 4.78 is 25.3. The molecule has 3 aromatic rings. The van der Waals surface area contributed by atoms with E-state index in [-0.39, 0.29) is 16.5 Å². The summed E-state index contributed by atoms with van der Waals surface area (Å²) in [5.74, 6) is 2.65. The van der Waals surface area contributed by atoms with Crippen LogP contribution in [0.25, 0.3) is 0 Å². The highest BCUT2D eigenvalue weighted by Gasteiger charge is 2.23. The molecule has 1 N–H and O–H groups in total. The van der Waals surface area contributed by atoms with E-state index in [1.54, 1.807) is 24.3 Å². The van der Waals surface area contributed by atoms with Gasteiger partial charge in [-0.25, -0.2) is 9.38 Å². The van der Waals surface area contributed by atoms with Gasteiger partial charge in [0.15, 0.2) is 11.7 Å². The monoisotopic (exact) mass is 691 g/mol. The van der Waals surface area contributed by atoms with Crippen molar-refractivity contribution in [3.8, 4) is 17.2 Å². The van der Waals surface area contributed by atoms with Gasteiger partial charge in [0.05, 0.1) is 23.1 Å².